The Labute approximate surface area is 89.5 Å². The molecule has 0 aromatic carbocycles. The van der Waals surface area contributed by atoms with Gasteiger partial charge in [0.1, 0.15) is 0 Å². The zero-order valence-electron chi connectivity index (χ0n) is 9.04. The van der Waals surface area contributed by atoms with E-state index in [4.69, 9.17) is 4.74 Å². The van der Waals surface area contributed by atoms with Gasteiger partial charge in [0.05, 0.1) is 17.3 Å². The van der Waals surface area contributed by atoms with Gasteiger partial charge in [-0.15, -0.1) is 11.3 Å². The Hall–Kier alpha value is -0.450. The Kier molecular flexibility index (Phi) is 5.07. The second kappa shape index (κ2) is 6.11. The third-order valence-corrected chi connectivity index (χ3v) is 3.01. The van der Waals surface area contributed by atoms with Crippen molar-refractivity contribution < 1.29 is 4.74 Å². The highest BCUT2D eigenvalue weighted by Gasteiger charge is 2.06. The highest BCUT2D eigenvalue weighted by molar-refractivity contribution is 7.09. The van der Waals surface area contributed by atoms with Gasteiger partial charge in [0.15, 0.2) is 0 Å². The van der Waals surface area contributed by atoms with Crippen molar-refractivity contribution in [3.63, 3.8) is 0 Å². The number of nitrogens with zero attached hydrogens (tertiary/aromatic N) is 1. The number of nitrogens with one attached hydrogen (secondary N) is 1. The molecule has 0 saturated carbocycles. The van der Waals surface area contributed by atoms with Gasteiger partial charge in [-0.05, 0) is 26.8 Å². The summed E-state index contributed by atoms with van der Waals surface area (Å²) in [5, 5.41) is 6.51. The zero-order chi connectivity index (χ0) is 10.4. The normalized spacial score (nSPS) is 13.1. The van der Waals surface area contributed by atoms with Gasteiger partial charge >= 0.3 is 0 Å². The van der Waals surface area contributed by atoms with E-state index in [0.29, 0.717) is 6.04 Å². The average Bonchev–Trinajstić information content (AvgIpc) is 2.59. The second-order valence-electron chi connectivity index (χ2n) is 3.34. The van der Waals surface area contributed by atoms with Crippen LogP contribution in [-0.2, 0) is 11.2 Å². The molecule has 1 N–H and O–H groups in total. The van der Waals surface area contributed by atoms with E-state index in [1.54, 1.807) is 18.4 Å². The first-order chi connectivity index (χ1) is 6.76. The Balaban J connectivity index is 2.31. The number of likely N-dealkylation sites (N-methyl/N-ethyl adjacent to an activating group) is 1. The van der Waals surface area contributed by atoms with Crippen molar-refractivity contribution in [3.05, 3.63) is 16.1 Å². The van der Waals surface area contributed by atoms with Crippen LogP contribution in [0.15, 0.2) is 5.38 Å². The van der Waals surface area contributed by atoms with Crippen molar-refractivity contribution in [1.82, 2.24) is 10.3 Å². The maximum Gasteiger partial charge on any atom is 0.0897 e. The standard InChI is InChI=1S/C10H18N2OS/c1-8-12-10(7-14-8)5-4-9(11-2)6-13-3/h7,9,11H,4-6H2,1-3H3. The molecule has 1 atom stereocenters. The molecular formula is C10H18N2OS. The molecule has 4 heteroatoms. The molecule has 1 aromatic heterocycles. The summed E-state index contributed by atoms with van der Waals surface area (Å²) in [6, 6.07) is 0.432. The van der Waals surface area contributed by atoms with Crippen LogP contribution in [0.25, 0.3) is 0 Å². The molecule has 14 heavy (non-hydrogen) atoms. The summed E-state index contributed by atoms with van der Waals surface area (Å²) in [4.78, 5) is 4.43. The van der Waals surface area contributed by atoms with Gasteiger partial charge in [-0.2, -0.15) is 0 Å². The first-order valence-corrected chi connectivity index (χ1v) is 5.71. The summed E-state index contributed by atoms with van der Waals surface area (Å²) < 4.78 is 5.11. The lowest BCUT2D eigenvalue weighted by molar-refractivity contribution is 0.166. The second-order valence-corrected chi connectivity index (χ2v) is 4.40. The maximum absolute atomic E-state index is 5.11. The quantitative estimate of drug-likeness (QED) is 0.781. The molecule has 1 rings (SSSR count). The lowest BCUT2D eigenvalue weighted by Crippen LogP contribution is -2.30. The summed E-state index contributed by atoms with van der Waals surface area (Å²) in [6.07, 6.45) is 2.10. The molecule has 0 aliphatic heterocycles. The SMILES string of the molecule is CNC(CCc1csc(C)n1)COC. The van der Waals surface area contributed by atoms with E-state index in [-0.39, 0.29) is 0 Å². The number of thiazole rings is 1. The number of methoxy groups -OCH3 is 1. The van der Waals surface area contributed by atoms with Gasteiger partial charge in [0, 0.05) is 18.5 Å². The van der Waals surface area contributed by atoms with Gasteiger partial charge in [0.25, 0.3) is 0 Å². The van der Waals surface area contributed by atoms with E-state index in [1.165, 1.54) is 5.69 Å². The summed E-state index contributed by atoms with van der Waals surface area (Å²) in [6.45, 7) is 2.80. The molecule has 0 aliphatic carbocycles. The number of aryl methyl sites for hydroxylation is 2. The van der Waals surface area contributed by atoms with E-state index in [2.05, 4.69) is 15.7 Å². The predicted octanol–water partition coefficient (Wildman–Crippen LogP) is 1.62. The Morgan fingerprint density at radius 1 is 1.64 bits per heavy atom. The van der Waals surface area contributed by atoms with E-state index in [0.717, 1.165) is 24.5 Å². The fraction of sp³-hybridized carbons (Fsp3) is 0.700. The smallest absolute Gasteiger partial charge is 0.0897 e. The molecule has 0 saturated heterocycles. The lowest BCUT2D eigenvalue weighted by atomic mass is 10.1. The number of hydrogen-bond donors (Lipinski definition) is 1. The Morgan fingerprint density at radius 3 is 2.93 bits per heavy atom. The van der Waals surface area contributed by atoms with E-state index in [1.807, 2.05) is 14.0 Å². The third kappa shape index (κ3) is 3.74. The highest BCUT2D eigenvalue weighted by atomic mass is 32.1. The number of aromatic nitrogens is 1. The molecule has 0 aliphatic rings. The van der Waals surface area contributed by atoms with Crippen LogP contribution in [-0.4, -0.2) is 31.8 Å². The van der Waals surface area contributed by atoms with Crippen LogP contribution in [0.4, 0.5) is 0 Å². The van der Waals surface area contributed by atoms with Crippen LogP contribution in [0.5, 0.6) is 0 Å². The molecule has 80 valence electrons. The lowest BCUT2D eigenvalue weighted by Gasteiger charge is -2.13. The first-order valence-electron chi connectivity index (χ1n) is 4.83. The van der Waals surface area contributed by atoms with Crippen molar-refractivity contribution >= 4 is 11.3 Å². The van der Waals surface area contributed by atoms with Crippen molar-refractivity contribution in [2.75, 3.05) is 20.8 Å². The molecule has 0 amide bonds. The van der Waals surface area contributed by atoms with Gasteiger partial charge in [-0.25, -0.2) is 4.98 Å². The minimum absolute atomic E-state index is 0.432. The summed E-state index contributed by atoms with van der Waals surface area (Å²) in [5.41, 5.74) is 1.20. The van der Waals surface area contributed by atoms with Gasteiger partial charge in [0.2, 0.25) is 0 Å². The summed E-state index contributed by atoms with van der Waals surface area (Å²) >= 11 is 1.71. The molecule has 1 unspecified atom stereocenters. The maximum atomic E-state index is 5.11. The molecule has 3 nitrogen and oxygen atoms in total. The monoisotopic (exact) mass is 214 g/mol. The third-order valence-electron chi connectivity index (χ3n) is 2.19. The first kappa shape index (κ1) is 11.6. The molecule has 1 aromatic rings. The van der Waals surface area contributed by atoms with E-state index < -0.39 is 0 Å². The van der Waals surface area contributed by atoms with E-state index in [9.17, 15) is 0 Å². The van der Waals surface area contributed by atoms with Crippen LogP contribution < -0.4 is 5.32 Å². The molecule has 0 radical (unpaired) electrons. The largest absolute Gasteiger partial charge is 0.383 e. The minimum atomic E-state index is 0.432. The van der Waals surface area contributed by atoms with Crippen molar-refractivity contribution in [1.29, 1.82) is 0 Å². The predicted molar refractivity (Wildman–Crippen MR) is 59.9 cm³/mol. The highest BCUT2D eigenvalue weighted by Crippen LogP contribution is 2.10. The van der Waals surface area contributed by atoms with Crippen LogP contribution in [0, 0.1) is 6.92 Å². The van der Waals surface area contributed by atoms with Gasteiger partial charge < -0.3 is 10.1 Å². The fourth-order valence-electron chi connectivity index (χ4n) is 1.36. The van der Waals surface area contributed by atoms with Crippen LogP contribution in [0.3, 0.4) is 0 Å². The van der Waals surface area contributed by atoms with Crippen LogP contribution in [0.1, 0.15) is 17.1 Å². The minimum Gasteiger partial charge on any atom is -0.383 e. The zero-order valence-corrected chi connectivity index (χ0v) is 9.86. The van der Waals surface area contributed by atoms with Gasteiger partial charge in [-0.3, -0.25) is 0 Å². The summed E-state index contributed by atoms with van der Waals surface area (Å²) in [7, 11) is 3.70. The summed E-state index contributed by atoms with van der Waals surface area (Å²) in [5.74, 6) is 0. The van der Waals surface area contributed by atoms with Gasteiger partial charge in [-0.1, -0.05) is 0 Å². The number of ether oxygens (including phenoxy) is 1. The molecule has 0 spiro atoms. The van der Waals surface area contributed by atoms with Crippen LogP contribution >= 0.6 is 11.3 Å². The Morgan fingerprint density at radius 2 is 2.43 bits per heavy atom. The van der Waals surface area contributed by atoms with Crippen LogP contribution in [0.2, 0.25) is 0 Å². The topological polar surface area (TPSA) is 34.2 Å². The van der Waals surface area contributed by atoms with Crippen molar-refractivity contribution in [2.24, 2.45) is 0 Å². The average molecular weight is 214 g/mol. The molecule has 0 fully saturated rings. The number of rotatable bonds is 6. The van der Waals surface area contributed by atoms with Crippen molar-refractivity contribution in [2.45, 2.75) is 25.8 Å². The molecule has 0 bridgehead atoms. The molecule has 1 heterocycles. The number of hydrogen-bond acceptors (Lipinski definition) is 4. The van der Waals surface area contributed by atoms with E-state index >= 15 is 0 Å². The Bertz CT molecular complexity index is 262. The molecular weight excluding hydrogens is 196 g/mol. The fourth-order valence-corrected chi connectivity index (χ4v) is 2.00. The van der Waals surface area contributed by atoms with Crippen molar-refractivity contribution in [3.8, 4) is 0 Å².